The molecule has 0 saturated heterocycles. The number of hydrogen-bond donors (Lipinski definition) is 2. The zero-order chi connectivity index (χ0) is 25.1. The van der Waals surface area contributed by atoms with Gasteiger partial charge in [0.2, 0.25) is 5.91 Å². The van der Waals surface area contributed by atoms with E-state index < -0.39 is 0 Å². The van der Waals surface area contributed by atoms with E-state index in [-0.39, 0.29) is 17.2 Å². The highest BCUT2D eigenvalue weighted by atomic mass is 32.2. The van der Waals surface area contributed by atoms with Crippen LogP contribution in [-0.4, -0.2) is 33.3 Å². The number of nitrogens with one attached hydrogen (secondary N) is 2. The van der Waals surface area contributed by atoms with Crippen LogP contribution in [0.25, 0.3) is 27.8 Å². The number of carbonyl (C=O) groups is 1. The van der Waals surface area contributed by atoms with Crippen LogP contribution in [0.15, 0.2) is 95.0 Å². The van der Waals surface area contributed by atoms with Crippen LogP contribution in [0, 0.1) is 6.92 Å². The highest BCUT2D eigenvalue weighted by Gasteiger charge is 2.19. The first-order valence-corrected chi connectivity index (χ1v) is 12.4. The normalized spacial score (nSPS) is 10.9. The number of carbonyl (C=O) groups excluding carboxylic acids is 1. The van der Waals surface area contributed by atoms with Crippen LogP contribution in [0.5, 0.6) is 5.75 Å². The van der Waals surface area contributed by atoms with Gasteiger partial charge in [0, 0.05) is 17.4 Å². The van der Waals surface area contributed by atoms with Crippen LogP contribution >= 0.6 is 11.8 Å². The third-order valence-corrected chi connectivity index (χ3v) is 6.69. The number of thioether (sulfide) groups is 1. The molecule has 8 heteroatoms. The minimum atomic E-state index is -0.242. The van der Waals surface area contributed by atoms with Gasteiger partial charge in [-0.2, -0.15) is 0 Å². The molecule has 0 aliphatic rings. The number of amides is 1. The van der Waals surface area contributed by atoms with Gasteiger partial charge in [-0.15, -0.1) is 0 Å². The highest BCUT2D eigenvalue weighted by Crippen LogP contribution is 2.29. The molecule has 0 spiro atoms. The topological polar surface area (TPSA) is 89.0 Å². The second-order valence-corrected chi connectivity index (χ2v) is 9.17. The number of anilines is 1. The summed E-state index contributed by atoms with van der Waals surface area (Å²) in [4.78, 5) is 34.4. The number of aromatic nitrogens is 3. The summed E-state index contributed by atoms with van der Waals surface area (Å²) in [5, 5.41) is 3.32. The van der Waals surface area contributed by atoms with E-state index >= 15 is 0 Å². The summed E-state index contributed by atoms with van der Waals surface area (Å²) in [5.74, 6) is 0.586. The SMILES string of the molecule is COc1ccc(-n2c(SCC(=O)Nc3ccc(C)cc3)nc3c(-c4ccccc4)c[nH]c3c2=O)cc1. The van der Waals surface area contributed by atoms with Crippen molar-refractivity contribution in [2.75, 3.05) is 18.2 Å². The maximum absolute atomic E-state index is 13.7. The fourth-order valence-corrected chi connectivity index (χ4v) is 4.70. The molecule has 0 bridgehead atoms. The zero-order valence-corrected chi connectivity index (χ0v) is 20.6. The largest absolute Gasteiger partial charge is 0.497 e. The summed E-state index contributed by atoms with van der Waals surface area (Å²) in [5.41, 5.74) is 4.97. The van der Waals surface area contributed by atoms with E-state index in [1.165, 1.54) is 16.3 Å². The highest BCUT2D eigenvalue weighted by molar-refractivity contribution is 7.99. The number of rotatable bonds is 7. The third-order valence-electron chi connectivity index (χ3n) is 5.75. The molecule has 7 nitrogen and oxygen atoms in total. The van der Waals surface area contributed by atoms with Crippen LogP contribution in [0.1, 0.15) is 5.56 Å². The van der Waals surface area contributed by atoms with Crippen molar-refractivity contribution in [3.8, 4) is 22.6 Å². The molecular formula is C28H24N4O3S. The predicted molar refractivity (Wildman–Crippen MR) is 144 cm³/mol. The van der Waals surface area contributed by atoms with Gasteiger partial charge in [-0.3, -0.25) is 14.2 Å². The maximum atomic E-state index is 13.7. The number of aryl methyl sites for hydroxylation is 1. The maximum Gasteiger partial charge on any atom is 0.283 e. The molecule has 2 heterocycles. The van der Waals surface area contributed by atoms with Crippen molar-refractivity contribution >= 4 is 34.4 Å². The Morgan fingerprint density at radius 2 is 1.75 bits per heavy atom. The molecule has 0 aliphatic carbocycles. The average Bonchev–Trinajstić information content (AvgIpc) is 3.34. The Bertz CT molecular complexity index is 1570. The monoisotopic (exact) mass is 496 g/mol. The minimum absolute atomic E-state index is 0.0903. The number of benzene rings is 3. The van der Waals surface area contributed by atoms with Crippen LogP contribution < -0.4 is 15.6 Å². The van der Waals surface area contributed by atoms with Gasteiger partial charge >= 0.3 is 0 Å². The first kappa shape index (κ1) is 23.4. The molecule has 1 amide bonds. The molecule has 5 rings (SSSR count). The summed E-state index contributed by atoms with van der Waals surface area (Å²) < 4.78 is 6.79. The molecule has 2 aromatic heterocycles. The summed E-state index contributed by atoms with van der Waals surface area (Å²) in [6.45, 7) is 1.99. The van der Waals surface area contributed by atoms with Crippen molar-refractivity contribution in [3.63, 3.8) is 0 Å². The van der Waals surface area contributed by atoms with Crippen molar-refractivity contribution < 1.29 is 9.53 Å². The summed E-state index contributed by atoms with van der Waals surface area (Å²) >= 11 is 1.21. The quantitative estimate of drug-likeness (QED) is 0.232. The van der Waals surface area contributed by atoms with Gasteiger partial charge in [-0.25, -0.2) is 4.98 Å². The van der Waals surface area contributed by atoms with Gasteiger partial charge in [0.15, 0.2) is 5.16 Å². The minimum Gasteiger partial charge on any atom is -0.497 e. The van der Waals surface area contributed by atoms with Crippen LogP contribution in [0.3, 0.4) is 0 Å². The lowest BCUT2D eigenvalue weighted by Gasteiger charge is -2.13. The second-order valence-electron chi connectivity index (χ2n) is 8.23. The summed E-state index contributed by atoms with van der Waals surface area (Å²) in [6, 6.07) is 24.5. The zero-order valence-electron chi connectivity index (χ0n) is 19.8. The number of fused-ring (bicyclic) bond motifs is 1. The van der Waals surface area contributed by atoms with Crippen molar-refractivity contribution in [3.05, 3.63) is 101 Å². The first-order chi connectivity index (χ1) is 17.5. The molecular weight excluding hydrogens is 472 g/mol. The molecule has 36 heavy (non-hydrogen) atoms. The lowest BCUT2D eigenvalue weighted by Crippen LogP contribution is -2.23. The van der Waals surface area contributed by atoms with Crippen molar-refractivity contribution in [2.45, 2.75) is 12.1 Å². The average molecular weight is 497 g/mol. The van der Waals surface area contributed by atoms with Crippen LogP contribution in [0.2, 0.25) is 0 Å². The van der Waals surface area contributed by atoms with E-state index in [1.54, 1.807) is 37.6 Å². The number of aromatic amines is 1. The lowest BCUT2D eigenvalue weighted by atomic mass is 10.1. The van der Waals surface area contributed by atoms with Crippen molar-refractivity contribution in [1.82, 2.24) is 14.5 Å². The predicted octanol–water partition coefficient (Wildman–Crippen LogP) is 5.43. The van der Waals surface area contributed by atoms with Gasteiger partial charge < -0.3 is 15.0 Å². The molecule has 0 fully saturated rings. The van der Waals surface area contributed by atoms with Gasteiger partial charge in [-0.05, 0) is 48.9 Å². The third kappa shape index (κ3) is 4.76. The van der Waals surface area contributed by atoms with Crippen LogP contribution in [0.4, 0.5) is 5.69 Å². The fourth-order valence-electron chi connectivity index (χ4n) is 3.90. The van der Waals surface area contributed by atoms with E-state index in [2.05, 4.69) is 10.3 Å². The lowest BCUT2D eigenvalue weighted by molar-refractivity contribution is -0.113. The van der Waals surface area contributed by atoms with E-state index in [1.807, 2.05) is 61.5 Å². The van der Waals surface area contributed by atoms with Crippen LogP contribution in [-0.2, 0) is 4.79 Å². The molecule has 0 radical (unpaired) electrons. The number of hydrogen-bond acceptors (Lipinski definition) is 5. The van der Waals surface area contributed by atoms with E-state index in [0.29, 0.717) is 27.6 Å². The van der Waals surface area contributed by atoms with Gasteiger partial charge in [0.05, 0.1) is 18.6 Å². The number of nitrogens with zero attached hydrogens (tertiary/aromatic N) is 2. The Balaban J connectivity index is 1.54. The first-order valence-electron chi connectivity index (χ1n) is 11.4. The smallest absolute Gasteiger partial charge is 0.283 e. The molecule has 2 N–H and O–H groups in total. The molecule has 0 atom stereocenters. The Morgan fingerprint density at radius 3 is 2.44 bits per heavy atom. The van der Waals surface area contributed by atoms with Crippen molar-refractivity contribution in [1.29, 1.82) is 0 Å². The molecule has 5 aromatic rings. The van der Waals surface area contributed by atoms with Crippen molar-refractivity contribution in [2.24, 2.45) is 0 Å². The van der Waals surface area contributed by atoms with Gasteiger partial charge in [0.25, 0.3) is 5.56 Å². The molecule has 0 aliphatic heterocycles. The summed E-state index contributed by atoms with van der Waals surface area (Å²) in [6.07, 6.45) is 1.80. The molecule has 0 unspecified atom stereocenters. The Hall–Kier alpha value is -4.30. The standard InChI is InChI=1S/C28H24N4O3S/c1-18-8-10-20(11-9-18)30-24(33)17-36-28-31-25-23(19-6-4-3-5-7-19)16-29-26(25)27(34)32(28)21-12-14-22(35-2)15-13-21/h3-16,29H,17H2,1-2H3,(H,30,33). The number of ether oxygens (including phenoxy) is 1. The van der Waals surface area contributed by atoms with E-state index in [4.69, 9.17) is 9.72 Å². The Kier molecular flexibility index (Phi) is 6.60. The van der Waals surface area contributed by atoms with Gasteiger partial charge in [-0.1, -0.05) is 59.8 Å². The number of methoxy groups -OCH3 is 1. The van der Waals surface area contributed by atoms with Gasteiger partial charge in [0.1, 0.15) is 16.8 Å². The molecule has 3 aromatic carbocycles. The number of H-pyrrole nitrogens is 1. The van der Waals surface area contributed by atoms with E-state index in [0.717, 1.165) is 22.4 Å². The molecule has 0 saturated carbocycles. The Morgan fingerprint density at radius 1 is 1.03 bits per heavy atom. The fraction of sp³-hybridized carbons (Fsp3) is 0.107. The molecule has 180 valence electrons. The van der Waals surface area contributed by atoms with E-state index in [9.17, 15) is 9.59 Å². The second kappa shape index (κ2) is 10.1. The summed E-state index contributed by atoms with van der Waals surface area (Å²) in [7, 11) is 1.59. The Labute approximate surface area is 212 Å².